The molecule has 2 aliphatic heterocycles. The quantitative estimate of drug-likeness (QED) is 0.514. The minimum absolute atomic E-state index is 0.0402. The van der Waals surface area contributed by atoms with E-state index in [9.17, 15) is 22.8 Å². The Bertz CT molecular complexity index is 1400. The van der Waals surface area contributed by atoms with Gasteiger partial charge in [0.2, 0.25) is 5.91 Å². The molecule has 1 amide bonds. The monoisotopic (exact) mass is 518 g/mol. The third kappa shape index (κ3) is 4.54. The van der Waals surface area contributed by atoms with E-state index in [0.717, 1.165) is 17.8 Å². The molecule has 0 spiro atoms. The molecule has 0 radical (unpaired) electrons. The van der Waals surface area contributed by atoms with Gasteiger partial charge in [0.15, 0.2) is 5.58 Å². The number of oxazole rings is 1. The second-order valence-electron chi connectivity index (χ2n) is 10.1. The number of fused-ring (bicyclic) bond motifs is 2. The first-order chi connectivity index (χ1) is 17.5. The molecule has 1 fully saturated rings. The van der Waals surface area contributed by atoms with Crippen molar-refractivity contribution in [1.82, 2.24) is 19.4 Å². The predicted octanol–water partition coefficient (Wildman–Crippen LogP) is 3.53. The first-order valence-corrected chi connectivity index (χ1v) is 12.2. The molecule has 0 bridgehead atoms. The number of aryl methyl sites for hydroxylation is 1. The van der Waals surface area contributed by atoms with Crippen LogP contribution in [0.5, 0.6) is 0 Å². The molecule has 2 aromatic heterocycles. The van der Waals surface area contributed by atoms with Crippen molar-refractivity contribution in [3.05, 3.63) is 63.4 Å². The number of hydrogen-bond acceptors (Lipinski definition) is 6. The summed E-state index contributed by atoms with van der Waals surface area (Å²) in [4.78, 5) is 33.6. The van der Waals surface area contributed by atoms with Crippen LogP contribution in [0.3, 0.4) is 0 Å². The van der Waals surface area contributed by atoms with Crippen LogP contribution in [0, 0.1) is 5.41 Å². The number of methoxy groups -OCH3 is 1. The fourth-order valence-corrected chi connectivity index (χ4v) is 5.57. The smallest absolute Gasteiger partial charge is 0.408 e. The zero-order valence-electron chi connectivity index (χ0n) is 21.0. The number of rotatable bonds is 5. The summed E-state index contributed by atoms with van der Waals surface area (Å²) in [6.07, 6.45) is -2.65. The lowest BCUT2D eigenvalue weighted by Crippen LogP contribution is -2.49. The SMILES string of the molecule is COCC1(C(=O)N2CCc3ncc(C(F)(F)F)cc3C2)CCN(C(C)c2ccc3oc(=O)n(C)c3c2)C1. The molecule has 1 aromatic carbocycles. The van der Waals surface area contributed by atoms with Crippen LogP contribution in [0.15, 0.2) is 39.7 Å². The van der Waals surface area contributed by atoms with Gasteiger partial charge in [-0.2, -0.15) is 13.2 Å². The highest BCUT2D eigenvalue weighted by Crippen LogP contribution is 2.39. The van der Waals surface area contributed by atoms with Crippen LogP contribution in [-0.4, -0.2) is 58.6 Å². The first kappa shape index (κ1) is 25.5. The van der Waals surface area contributed by atoms with Gasteiger partial charge in [-0.05, 0) is 49.2 Å². The maximum Gasteiger partial charge on any atom is 0.419 e. The van der Waals surface area contributed by atoms with Crippen LogP contribution in [0.25, 0.3) is 11.1 Å². The van der Waals surface area contributed by atoms with Crippen LogP contribution >= 0.6 is 0 Å². The van der Waals surface area contributed by atoms with Crippen molar-refractivity contribution in [2.24, 2.45) is 12.5 Å². The maximum absolute atomic E-state index is 13.9. The molecule has 0 aliphatic carbocycles. The zero-order chi connectivity index (χ0) is 26.5. The molecule has 0 N–H and O–H groups in total. The van der Waals surface area contributed by atoms with Gasteiger partial charge in [0.1, 0.15) is 0 Å². The molecular weight excluding hydrogens is 489 g/mol. The van der Waals surface area contributed by atoms with Gasteiger partial charge < -0.3 is 14.1 Å². The molecule has 0 saturated carbocycles. The molecular formula is C26H29F3N4O4. The Morgan fingerprint density at radius 1 is 1.27 bits per heavy atom. The Labute approximate surface area is 211 Å². The van der Waals surface area contributed by atoms with Gasteiger partial charge in [-0.25, -0.2) is 4.79 Å². The van der Waals surface area contributed by atoms with Gasteiger partial charge in [-0.1, -0.05) is 6.07 Å². The summed E-state index contributed by atoms with van der Waals surface area (Å²) in [5.41, 5.74) is 1.63. The van der Waals surface area contributed by atoms with Gasteiger partial charge in [-0.3, -0.25) is 19.2 Å². The van der Waals surface area contributed by atoms with Crippen LogP contribution in [0.4, 0.5) is 13.2 Å². The Morgan fingerprint density at radius 2 is 2.05 bits per heavy atom. The summed E-state index contributed by atoms with van der Waals surface area (Å²) in [6, 6.07) is 6.69. The minimum Gasteiger partial charge on any atom is -0.408 e. The Hall–Kier alpha value is -3.18. The van der Waals surface area contributed by atoms with Crippen molar-refractivity contribution in [2.45, 2.75) is 38.5 Å². The third-order valence-electron chi connectivity index (χ3n) is 7.76. The van der Waals surface area contributed by atoms with E-state index >= 15 is 0 Å². The molecule has 5 rings (SSSR count). The number of hydrogen-bond donors (Lipinski definition) is 0. The Morgan fingerprint density at radius 3 is 2.78 bits per heavy atom. The molecule has 11 heteroatoms. The topological polar surface area (TPSA) is 80.8 Å². The fraction of sp³-hybridized carbons (Fsp3) is 0.500. The number of nitrogens with zero attached hydrogens (tertiary/aromatic N) is 4. The second-order valence-corrected chi connectivity index (χ2v) is 10.1. The van der Waals surface area contributed by atoms with E-state index in [0.29, 0.717) is 54.8 Å². The van der Waals surface area contributed by atoms with E-state index in [2.05, 4.69) is 9.88 Å². The summed E-state index contributed by atoms with van der Waals surface area (Å²) >= 11 is 0. The van der Waals surface area contributed by atoms with Crippen molar-refractivity contribution >= 4 is 17.0 Å². The standard InChI is InChI=1S/C26H29F3N4O4/c1-16(17-4-5-22-21(11-17)31(2)24(35)37-22)33-9-7-25(14-33,15-36-3)23(34)32-8-6-20-18(13-32)10-19(12-30-20)26(27,28)29/h4-5,10-12,16H,6-9,13-15H2,1-3H3. The van der Waals surface area contributed by atoms with Crippen molar-refractivity contribution < 1.29 is 27.1 Å². The molecule has 37 heavy (non-hydrogen) atoms. The molecule has 1 saturated heterocycles. The van der Waals surface area contributed by atoms with E-state index in [4.69, 9.17) is 9.15 Å². The van der Waals surface area contributed by atoms with Crippen LogP contribution in [-0.2, 0) is 35.7 Å². The van der Waals surface area contributed by atoms with Gasteiger partial charge >= 0.3 is 11.9 Å². The lowest BCUT2D eigenvalue weighted by atomic mass is 9.85. The average Bonchev–Trinajstić information content (AvgIpc) is 3.43. The molecule has 8 nitrogen and oxygen atoms in total. The minimum atomic E-state index is -4.49. The lowest BCUT2D eigenvalue weighted by Gasteiger charge is -2.37. The van der Waals surface area contributed by atoms with Gasteiger partial charge in [-0.15, -0.1) is 0 Å². The van der Waals surface area contributed by atoms with E-state index < -0.39 is 22.9 Å². The average molecular weight is 519 g/mol. The number of amides is 1. The summed E-state index contributed by atoms with van der Waals surface area (Å²) in [7, 11) is 3.21. The van der Waals surface area contributed by atoms with E-state index in [1.165, 1.54) is 4.57 Å². The summed E-state index contributed by atoms with van der Waals surface area (Å²) in [6.45, 7) is 3.87. The van der Waals surface area contributed by atoms with Crippen LogP contribution in [0.2, 0.25) is 0 Å². The van der Waals surface area contributed by atoms with Gasteiger partial charge in [0.25, 0.3) is 0 Å². The van der Waals surface area contributed by atoms with Crippen molar-refractivity contribution in [3.8, 4) is 0 Å². The second kappa shape index (κ2) is 9.29. The normalized spacial score (nSPS) is 21.4. The summed E-state index contributed by atoms with van der Waals surface area (Å²) in [5.74, 6) is -0.536. The van der Waals surface area contributed by atoms with Crippen molar-refractivity contribution in [2.75, 3.05) is 33.4 Å². The van der Waals surface area contributed by atoms with E-state index in [1.807, 2.05) is 19.1 Å². The van der Waals surface area contributed by atoms with Crippen molar-refractivity contribution in [3.63, 3.8) is 0 Å². The Balaban J connectivity index is 1.36. The molecule has 3 aromatic rings. The number of carbonyl (C=O) groups is 1. The summed E-state index contributed by atoms with van der Waals surface area (Å²) in [5, 5.41) is 0. The number of carbonyl (C=O) groups excluding carboxylic acids is 1. The lowest BCUT2D eigenvalue weighted by molar-refractivity contribution is -0.145. The first-order valence-electron chi connectivity index (χ1n) is 12.2. The van der Waals surface area contributed by atoms with Crippen molar-refractivity contribution in [1.29, 1.82) is 0 Å². The summed E-state index contributed by atoms with van der Waals surface area (Å²) < 4.78 is 51.9. The largest absolute Gasteiger partial charge is 0.419 e. The predicted molar refractivity (Wildman–Crippen MR) is 129 cm³/mol. The number of likely N-dealkylation sites (tertiary alicyclic amines) is 1. The molecule has 4 heterocycles. The van der Waals surface area contributed by atoms with E-state index in [1.54, 1.807) is 25.1 Å². The fourth-order valence-electron chi connectivity index (χ4n) is 5.57. The third-order valence-corrected chi connectivity index (χ3v) is 7.76. The number of aromatic nitrogens is 2. The van der Waals surface area contributed by atoms with Crippen LogP contribution in [0.1, 0.15) is 41.8 Å². The van der Waals surface area contributed by atoms with Gasteiger partial charge in [0.05, 0.1) is 23.1 Å². The highest BCUT2D eigenvalue weighted by Gasteiger charge is 2.48. The molecule has 2 unspecified atom stereocenters. The number of pyridine rings is 1. The number of ether oxygens (including phenoxy) is 1. The van der Waals surface area contributed by atoms with E-state index in [-0.39, 0.29) is 25.1 Å². The Kier molecular flexibility index (Phi) is 6.39. The number of benzene rings is 1. The number of halogens is 3. The molecule has 198 valence electrons. The zero-order valence-corrected chi connectivity index (χ0v) is 21.0. The maximum atomic E-state index is 13.9. The highest BCUT2D eigenvalue weighted by molar-refractivity contribution is 5.84. The number of alkyl halides is 3. The molecule has 2 atom stereocenters. The van der Waals surface area contributed by atoms with Gasteiger partial charge in [0, 0.05) is 58.1 Å². The highest BCUT2D eigenvalue weighted by atomic mass is 19.4. The van der Waals surface area contributed by atoms with Crippen LogP contribution < -0.4 is 5.76 Å². The molecule has 2 aliphatic rings.